The summed E-state index contributed by atoms with van der Waals surface area (Å²) in [7, 11) is 0. The lowest BCUT2D eigenvalue weighted by atomic mass is 10.0. The van der Waals surface area contributed by atoms with E-state index < -0.39 is 0 Å². The van der Waals surface area contributed by atoms with Crippen molar-refractivity contribution in [1.29, 1.82) is 0 Å². The van der Waals surface area contributed by atoms with Gasteiger partial charge in [-0.3, -0.25) is 4.98 Å². The van der Waals surface area contributed by atoms with Crippen LogP contribution in [0.4, 0.5) is 11.5 Å². The highest BCUT2D eigenvalue weighted by Crippen LogP contribution is 2.26. The van der Waals surface area contributed by atoms with Gasteiger partial charge in [-0.1, -0.05) is 70.2 Å². The van der Waals surface area contributed by atoms with Crippen LogP contribution in [-0.2, 0) is 6.42 Å². The zero-order chi connectivity index (χ0) is 20.2. The molecule has 4 nitrogen and oxygen atoms in total. The van der Waals surface area contributed by atoms with Crippen molar-refractivity contribution >= 4 is 22.3 Å². The molecule has 2 aromatic heterocycles. The molecular formula is C24H28N4. The van der Waals surface area contributed by atoms with Gasteiger partial charge >= 0.3 is 0 Å². The van der Waals surface area contributed by atoms with Gasteiger partial charge in [-0.2, -0.15) is 5.10 Å². The average molecular weight is 373 g/mol. The summed E-state index contributed by atoms with van der Waals surface area (Å²) in [6.07, 6.45) is 4.34. The predicted octanol–water partition coefficient (Wildman–Crippen LogP) is 6.41. The highest BCUT2D eigenvalue weighted by Gasteiger charge is 2.09. The Kier molecular flexibility index (Phi) is 8.60. The van der Waals surface area contributed by atoms with Gasteiger partial charge in [0.05, 0.1) is 5.69 Å². The predicted molar refractivity (Wildman–Crippen MR) is 119 cm³/mol. The fraction of sp³-hybridized carbons (Fsp3) is 0.208. The number of hydrogen-bond acceptors (Lipinski definition) is 4. The Morgan fingerprint density at radius 2 is 1.29 bits per heavy atom. The van der Waals surface area contributed by atoms with Crippen LogP contribution in [0.25, 0.3) is 10.8 Å². The van der Waals surface area contributed by atoms with Crippen LogP contribution in [0.5, 0.6) is 0 Å². The quantitative estimate of drug-likeness (QED) is 0.449. The highest BCUT2D eigenvalue weighted by atomic mass is 15.2. The van der Waals surface area contributed by atoms with Crippen LogP contribution in [-0.4, -0.2) is 15.2 Å². The first-order valence-electron chi connectivity index (χ1n) is 9.85. The minimum Gasteiger partial charge on any atom is -0.338 e. The molecule has 4 aromatic rings. The molecule has 1 N–H and O–H groups in total. The number of rotatable bonds is 4. The van der Waals surface area contributed by atoms with E-state index in [-0.39, 0.29) is 0 Å². The van der Waals surface area contributed by atoms with Crippen LogP contribution in [0.2, 0.25) is 0 Å². The molecule has 2 heterocycles. The summed E-state index contributed by atoms with van der Waals surface area (Å²) < 4.78 is 0. The van der Waals surface area contributed by atoms with Crippen LogP contribution in [0.15, 0.2) is 79.1 Å². The van der Waals surface area contributed by atoms with Gasteiger partial charge in [0.15, 0.2) is 5.82 Å². The second-order valence-electron chi connectivity index (χ2n) is 5.56. The number of fused-ring (bicyclic) bond motifs is 1. The number of nitrogens with one attached hydrogen (secondary N) is 1. The maximum atomic E-state index is 4.47. The van der Waals surface area contributed by atoms with E-state index in [1.165, 1.54) is 5.56 Å². The number of para-hydroxylation sites is 1. The lowest BCUT2D eigenvalue weighted by Gasteiger charge is -2.11. The van der Waals surface area contributed by atoms with Crippen molar-refractivity contribution in [2.45, 2.75) is 34.1 Å². The molecular weight excluding hydrogens is 344 g/mol. The maximum Gasteiger partial charge on any atom is 0.160 e. The molecule has 0 saturated heterocycles. The fourth-order valence-corrected chi connectivity index (χ4v) is 2.73. The van der Waals surface area contributed by atoms with E-state index in [9.17, 15) is 0 Å². The Balaban J connectivity index is 0.000000660. The molecule has 0 unspecified atom stereocenters. The van der Waals surface area contributed by atoms with Crippen molar-refractivity contribution in [1.82, 2.24) is 15.2 Å². The van der Waals surface area contributed by atoms with E-state index >= 15 is 0 Å². The number of pyridine rings is 1. The molecule has 0 saturated carbocycles. The molecule has 4 rings (SSSR count). The minimum atomic E-state index is 0.738. The summed E-state index contributed by atoms with van der Waals surface area (Å²) in [5.74, 6) is 0.773. The summed E-state index contributed by atoms with van der Waals surface area (Å²) in [4.78, 5) is 4.06. The first-order valence-corrected chi connectivity index (χ1v) is 9.85. The third kappa shape index (κ3) is 5.36. The molecule has 2 aromatic carbocycles. The van der Waals surface area contributed by atoms with E-state index in [1.807, 2.05) is 82.3 Å². The topological polar surface area (TPSA) is 50.7 Å². The first-order chi connectivity index (χ1) is 13.9. The SMILES string of the molecule is CC.CC.c1ccc(Nc2nnc(Cc3ccncc3)c3ccccc23)cc1. The molecule has 0 fully saturated rings. The van der Waals surface area contributed by atoms with Crippen LogP contribution in [0.3, 0.4) is 0 Å². The molecule has 4 heteroatoms. The summed E-state index contributed by atoms with van der Waals surface area (Å²) >= 11 is 0. The van der Waals surface area contributed by atoms with Crippen LogP contribution in [0.1, 0.15) is 39.0 Å². The largest absolute Gasteiger partial charge is 0.338 e. The Hall–Kier alpha value is -3.27. The van der Waals surface area contributed by atoms with Crippen molar-refractivity contribution in [3.05, 3.63) is 90.4 Å². The Bertz CT molecular complexity index is 874. The summed E-state index contributed by atoms with van der Waals surface area (Å²) in [5, 5.41) is 14.4. The first kappa shape index (κ1) is 21.0. The molecule has 28 heavy (non-hydrogen) atoms. The van der Waals surface area contributed by atoms with Crippen LogP contribution >= 0.6 is 0 Å². The van der Waals surface area contributed by atoms with E-state index in [1.54, 1.807) is 12.4 Å². The van der Waals surface area contributed by atoms with Gasteiger partial charge in [-0.15, -0.1) is 5.10 Å². The molecule has 0 aliphatic carbocycles. The third-order valence-corrected chi connectivity index (χ3v) is 3.92. The number of aromatic nitrogens is 3. The number of nitrogens with zero attached hydrogens (tertiary/aromatic N) is 3. The van der Waals surface area contributed by atoms with Crippen molar-refractivity contribution < 1.29 is 0 Å². The lowest BCUT2D eigenvalue weighted by Crippen LogP contribution is -2.02. The highest BCUT2D eigenvalue weighted by molar-refractivity contribution is 5.94. The third-order valence-electron chi connectivity index (χ3n) is 3.92. The van der Waals surface area contributed by atoms with Gasteiger partial charge in [0, 0.05) is 35.3 Å². The van der Waals surface area contributed by atoms with Gasteiger partial charge in [-0.05, 0) is 29.8 Å². The van der Waals surface area contributed by atoms with Gasteiger partial charge in [-0.25, -0.2) is 0 Å². The average Bonchev–Trinajstić information content (AvgIpc) is 2.80. The number of anilines is 2. The van der Waals surface area contributed by atoms with E-state index in [4.69, 9.17) is 0 Å². The molecule has 0 aliphatic rings. The fourth-order valence-electron chi connectivity index (χ4n) is 2.73. The maximum absolute atomic E-state index is 4.47. The summed E-state index contributed by atoms with van der Waals surface area (Å²) in [6, 6.07) is 22.3. The van der Waals surface area contributed by atoms with Crippen LogP contribution in [0, 0.1) is 0 Å². The zero-order valence-corrected chi connectivity index (χ0v) is 17.1. The lowest BCUT2D eigenvalue weighted by molar-refractivity contribution is 0.960. The van der Waals surface area contributed by atoms with Crippen LogP contribution < -0.4 is 5.32 Å². The van der Waals surface area contributed by atoms with Gasteiger partial charge < -0.3 is 5.32 Å². The molecule has 144 valence electrons. The minimum absolute atomic E-state index is 0.738. The molecule has 0 radical (unpaired) electrons. The molecule has 0 amide bonds. The standard InChI is InChI=1S/C20H16N4.2C2H6/c1-2-6-16(7-3-1)22-20-18-9-5-4-8-17(18)19(23-24-20)14-15-10-12-21-13-11-15;2*1-2/h1-13H,14H2,(H,22,24);2*1-2H3. The monoisotopic (exact) mass is 372 g/mol. The van der Waals surface area contributed by atoms with E-state index in [2.05, 4.69) is 32.6 Å². The summed E-state index contributed by atoms with van der Waals surface area (Å²) in [6.45, 7) is 8.00. The Morgan fingerprint density at radius 3 is 1.96 bits per heavy atom. The Morgan fingerprint density at radius 1 is 0.679 bits per heavy atom. The molecule has 0 bridgehead atoms. The molecule has 0 aliphatic heterocycles. The molecule has 0 atom stereocenters. The molecule has 0 spiro atoms. The van der Waals surface area contributed by atoms with Crippen molar-refractivity contribution in [2.24, 2.45) is 0 Å². The summed E-state index contributed by atoms with van der Waals surface area (Å²) in [5.41, 5.74) is 3.14. The smallest absolute Gasteiger partial charge is 0.160 e. The van der Waals surface area contributed by atoms with Crippen molar-refractivity contribution in [3.8, 4) is 0 Å². The van der Waals surface area contributed by atoms with Gasteiger partial charge in [0.1, 0.15) is 0 Å². The van der Waals surface area contributed by atoms with E-state index in [0.29, 0.717) is 0 Å². The van der Waals surface area contributed by atoms with Crippen molar-refractivity contribution in [3.63, 3.8) is 0 Å². The number of hydrogen-bond donors (Lipinski definition) is 1. The second-order valence-corrected chi connectivity index (χ2v) is 5.56. The van der Waals surface area contributed by atoms with E-state index in [0.717, 1.165) is 34.4 Å². The Labute approximate surface area is 167 Å². The zero-order valence-electron chi connectivity index (χ0n) is 17.1. The van der Waals surface area contributed by atoms with Gasteiger partial charge in [0.2, 0.25) is 0 Å². The van der Waals surface area contributed by atoms with Crippen molar-refractivity contribution in [2.75, 3.05) is 5.32 Å². The number of benzene rings is 2. The van der Waals surface area contributed by atoms with Gasteiger partial charge in [0.25, 0.3) is 0 Å². The normalized spacial score (nSPS) is 9.57. The second kappa shape index (κ2) is 11.4.